The lowest BCUT2D eigenvalue weighted by Crippen LogP contribution is -1.97. The van der Waals surface area contributed by atoms with E-state index >= 15 is 0 Å². The molecular formula is C17H15N3O3. The van der Waals surface area contributed by atoms with Gasteiger partial charge in [-0.1, -0.05) is 6.07 Å². The third-order valence-corrected chi connectivity index (χ3v) is 4.14. The number of aromatic nitrogens is 1. The van der Waals surface area contributed by atoms with Gasteiger partial charge in [0.2, 0.25) is 0 Å². The SMILES string of the molecule is Cc1oc2cnccc2c1Nc1ccc2c(c1)CC/C2=N\OO. The van der Waals surface area contributed by atoms with Gasteiger partial charge in [0.25, 0.3) is 0 Å². The first-order chi connectivity index (χ1) is 11.3. The maximum atomic E-state index is 8.49. The van der Waals surface area contributed by atoms with E-state index < -0.39 is 0 Å². The van der Waals surface area contributed by atoms with Crippen LogP contribution < -0.4 is 5.32 Å². The van der Waals surface area contributed by atoms with Crippen molar-refractivity contribution in [3.8, 4) is 0 Å². The lowest BCUT2D eigenvalue weighted by Gasteiger charge is -2.08. The molecule has 2 heterocycles. The summed E-state index contributed by atoms with van der Waals surface area (Å²) in [5.74, 6) is 0.824. The Morgan fingerprint density at radius 1 is 1.30 bits per heavy atom. The average Bonchev–Trinajstić information content (AvgIpc) is 3.10. The van der Waals surface area contributed by atoms with Crippen molar-refractivity contribution in [2.75, 3.05) is 5.32 Å². The Bertz CT molecular complexity index is 915. The lowest BCUT2D eigenvalue weighted by atomic mass is 10.1. The summed E-state index contributed by atoms with van der Waals surface area (Å²) in [6, 6.07) is 8.00. The molecule has 2 N–H and O–H groups in total. The summed E-state index contributed by atoms with van der Waals surface area (Å²) in [5, 5.41) is 16.6. The maximum Gasteiger partial charge on any atom is 0.154 e. The normalized spacial score (nSPS) is 15.1. The highest BCUT2D eigenvalue weighted by Gasteiger charge is 2.19. The fraction of sp³-hybridized carbons (Fsp3) is 0.176. The van der Waals surface area contributed by atoms with Crippen LogP contribution in [0.1, 0.15) is 23.3 Å². The smallest absolute Gasteiger partial charge is 0.154 e. The van der Waals surface area contributed by atoms with E-state index in [-0.39, 0.29) is 0 Å². The number of furan rings is 1. The molecule has 0 saturated carbocycles. The van der Waals surface area contributed by atoms with Crippen LogP contribution in [0.5, 0.6) is 0 Å². The van der Waals surface area contributed by atoms with Gasteiger partial charge in [0.05, 0.1) is 17.6 Å². The molecule has 6 heteroatoms. The standard InChI is InChI=1S/C17H15N3O3/c1-10-17(14-6-7-18-9-16(14)22-10)19-12-3-4-13-11(8-12)2-5-15(13)20-23-21/h3-4,6-9,19,21H,2,5H2,1H3/b20-15+. The van der Waals surface area contributed by atoms with E-state index in [4.69, 9.17) is 9.67 Å². The van der Waals surface area contributed by atoms with Crippen molar-refractivity contribution >= 4 is 28.1 Å². The number of nitrogens with one attached hydrogen (secondary N) is 1. The average molecular weight is 309 g/mol. The van der Waals surface area contributed by atoms with Gasteiger partial charge in [0.15, 0.2) is 5.58 Å². The maximum absolute atomic E-state index is 8.49. The van der Waals surface area contributed by atoms with Gasteiger partial charge in [0, 0.05) is 22.8 Å². The number of rotatable bonds is 3. The van der Waals surface area contributed by atoms with Crippen LogP contribution in [0.15, 0.2) is 46.2 Å². The predicted molar refractivity (Wildman–Crippen MR) is 87.0 cm³/mol. The number of hydrogen-bond donors (Lipinski definition) is 2. The molecule has 0 bridgehead atoms. The molecule has 0 fully saturated rings. The van der Waals surface area contributed by atoms with Gasteiger partial charge in [-0.3, -0.25) is 4.98 Å². The third-order valence-electron chi connectivity index (χ3n) is 4.14. The molecule has 4 rings (SSSR count). The molecule has 0 amide bonds. The topological polar surface area (TPSA) is 79.9 Å². The molecule has 1 aliphatic rings. The first-order valence-electron chi connectivity index (χ1n) is 7.37. The molecule has 1 aliphatic carbocycles. The molecule has 6 nitrogen and oxygen atoms in total. The molecule has 2 aromatic heterocycles. The van der Waals surface area contributed by atoms with Gasteiger partial charge < -0.3 is 9.73 Å². The Morgan fingerprint density at radius 3 is 3.09 bits per heavy atom. The first-order valence-corrected chi connectivity index (χ1v) is 7.37. The highest BCUT2D eigenvalue weighted by atomic mass is 17.2. The first kappa shape index (κ1) is 13.8. The summed E-state index contributed by atoms with van der Waals surface area (Å²) < 4.78 is 5.72. The molecule has 0 saturated heterocycles. The van der Waals surface area contributed by atoms with Gasteiger partial charge in [-0.15, -0.1) is 0 Å². The van der Waals surface area contributed by atoms with E-state index in [9.17, 15) is 0 Å². The van der Waals surface area contributed by atoms with Crippen LogP contribution in [0.25, 0.3) is 11.0 Å². The number of hydrogen-bond acceptors (Lipinski definition) is 6. The second-order valence-corrected chi connectivity index (χ2v) is 5.52. The number of nitrogens with zero attached hydrogens (tertiary/aromatic N) is 2. The Balaban J connectivity index is 1.70. The summed E-state index contributed by atoms with van der Waals surface area (Å²) in [4.78, 5) is 8.00. The van der Waals surface area contributed by atoms with Gasteiger partial charge in [-0.2, -0.15) is 5.26 Å². The molecule has 0 unspecified atom stereocenters. The van der Waals surface area contributed by atoms with E-state index in [1.807, 2.05) is 25.1 Å². The molecule has 1 aromatic carbocycles. The van der Waals surface area contributed by atoms with Crippen LogP contribution in [0, 0.1) is 6.92 Å². The lowest BCUT2D eigenvalue weighted by molar-refractivity contribution is -0.243. The van der Waals surface area contributed by atoms with Crippen LogP contribution in [0.2, 0.25) is 0 Å². The highest BCUT2D eigenvalue weighted by Crippen LogP contribution is 2.33. The fourth-order valence-electron chi connectivity index (χ4n) is 3.06. The zero-order valence-corrected chi connectivity index (χ0v) is 12.5. The van der Waals surface area contributed by atoms with Crippen LogP contribution in [0.3, 0.4) is 0 Å². The molecule has 0 aliphatic heterocycles. The Kier molecular flexibility index (Phi) is 3.24. The minimum Gasteiger partial charge on any atom is -0.457 e. The summed E-state index contributed by atoms with van der Waals surface area (Å²) >= 11 is 0. The minimum atomic E-state index is 0.763. The van der Waals surface area contributed by atoms with Crippen molar-refractivity contribution < 1.29 is 14.7 Å². The number of oxime groups is 1. The zero-order chi connectivity index (χ0) is 15.8. The van der Waals surface area contributed by atoms with E-state index in [1.54, 1.807) is 12.4 Å². The fourth-order valence-corrected chi connectivity index (χ4v) is 3.06. The second kappa shape index (κ2) is 5.40. The number of aryl methyl sites for hydroxylation is 2. The minimum absolute atomic E-state index is 0.763. The van der Waals surface area contributed by atoms with Crippen molar-refractivity contribution in [2.24, 2.45) is 5.16 Å². The quantitative estimate of drug-likeness (QED) is 0.564. The summed E-state index contributed by atoms with van der Waals surface area (Å²) in [7, 11) is 0. The number of pyridine rings is 1. The molecule has 0 atom stereocenters. The van der Waals surface area contributed by atoms with E-state index in [0.29, 0.717) is 0 Å². The molecular weight excluding hydrogens is 294 g/mol. The predicted octanol–water partition coefficient (Wildman–Crippen LogP) is 4.02. The largest absolute Gasteiger partial charge is 0.457 e. The number of anilines is 2. The van der Waals surface area contributed by atoms with Crippen LogP contribution in [-0.2, 0) is 11.4 Å². The van der Waals surface area contributed by atoms with Crippen molar-refractivity contribution in [1.82, 2.24) is 4.98 Å². The van der Waals surface area contributed by atoms with Crippen LogP contribution in [-0.4, -0.2) is 16.0 Å². The van der Waals surface area contributed by atoms with E-state index in [1.165, 1.54) is 5.56 Å². The highest BCUT2D eigenvalue weighted by molar-refractivity contribution is 6.04. The summed E-state index contributed by atoms with van der Waals surface area (Å²) in [5.41, 5.74) is 5.67. The van der Waals surface area contributed by atoms with Gasteiger partial charge in [-0.05, 0) is 48.7 Å². The summed E-state index contributed by atoms with van der Waals surface area (Å²) in [6.45, 7) is 1.93. The molecule has 23 heavy (non-hydrogen) atoms. The zero-order valence-electron chi connectivity index (χ0n) is 12.5. The van der Waals surface area contributed by atoms with E-state index in [2.05, 4.69) is 26.5 Å². The number of fused-ring (bicyclic) bond motifs is 2. The molecule has 3 aromatic rings. The summed E-state index contributed by atoms with van der Waals surface area (Å²) in [6.07, 6.45) is 5.11. The monoisotopic (exact) mass is 309 g/mol. The van der Waals surface area contributed by atoms with Crippen molar-refractivity contribution in [2.45, 2.75) is 19.8 Å². The third kappa shape index (κ3) is 2.33. The Hall–Kier alpha value is -2.86. The van der Waals surface area contributed by atoms with Crippen molar-refractivity contribution in [3.05, 3.63) is 53.5 Å². The Morgan fingerprint density at radius 2 is 2.22 bits per heavy atom. The van der Waals surface area contributed by atoms with E-state index in [0.717, 1.165) is 52.2 Å². The van der Waals surface area contributed by atoms with Gasteiger partial charge in [-0.25, -0.2) is 4.99 Å². The van der Waals surface area contributed by atoms with Gasteiger partial charge in [0.1, 0.15) is 5.76 Å². The number of benzene rings is 1. The van der Waals surface area contributed by atoms with Crippen LogP contribution >= 0.6 is 0 Å². The van der Waals surface area contributed by atoms with Crippen molar-refractivity contribution in [1.29, 1.82) is 0 Å². The molecule has 0 radical (unpaired) electrons. The van der Waals surface area contributed by atoms with Crippen LogP contribution in [0.4, 0.5) is 11.4 Å². The molecule has 116 valence electrons. The molecule has 0 spiro atoms. The van der Waals surface area contributed by atoms with Gasteiger partial charge >= 0.3 is 0 Å². The van der Waals surface area contributed by atoms with Crippen molar-refractivity contribution in [3.63, 3.8) is 0 Å². The Labute approximate surface area is 132 Å². The second-order valence-electron chi connectivity index (χ2n) is 5.52.